The molecule has 1 saturated carbocycles. The van der Waals surface area contributed by atoms with E-state index in [2.05, 4.69) is 36.7 Å². The van der Waals surface area contributed by atoms with Crippen molar-refractivity contribution in [1.29, 1.82) is 0 Å². The quantitative estimate of drug-likeness (QED) is 0.864. The van der Waals surface area contributed by atoms with Gasteiger partial charge >= 0.3 is 0 Å². The third kappa shape index (κ3) is 2.90. The van der Waals surface area contributed by atoms with Gasteiger partial charge in [0.25, 0.3) is 0 Å². The maximum atomic E-state index is 9.77. The van der Waals surface area contributed by atoms with E-state index in [1.165, 1.54) is 17.7 Å². The number of thiophene rings is 1. The molecule has 1 aliphatic carbocycles. The Bertz CT molecular complexity index is 338. The van der Waals surface area contributed by atoms with Gasteiger partial charge in [-0.1, -0.05) is 19.9 Å². The molecule has 0 bridgehead atoms. The monoisotopic (exact) mass is 253 g/mol. The zero-order valence-corrected chi connectivity index (χ0v) is 11.6. The van der Waals surface area contributed by atoms with Crippen LogP contribution in [0.4, 0.5) is 0 Å². The summed E-state index contributed by atoms with van der Waals surface area (Å²) in [6.45, 7) is 5.73. The summed E-state index contributed by atoms with van der Waals surface area (Å²) in [5, 5.41) is 15.5. The van der Waals surface area contributed by atoms with Gasteiger partial charge in [0, 0.05) is 17.0 Å². The van der Waals surface area contributed by atoms with Gasteiger partial charge in [0.2, 0.25) is 0 Å². The topological polar surface area (TPSA) is 32.3 Å². The minimum atomic E-state index is -0.0590. The third-order valence-electron chi connectivity index (χ3n) is 4.26. The van der Waals surface area contributed by atoms with Crippen LogP contribution >= 0.6 is 11.3 Å². The number of rotatable bonds is 4. The maximum absolute atomic E-state index is 9.77. The van der Waals surface area contributed by atoms with Gasteiger partial charge in [-0.25, -0.2) is 0 Å². The van der Waals surface area contributed by atoms with Crippen LogP contribution in [0.5, 0.6) is 0 Å². The van der Waals surface area contributed by atoms with Gasteiger partial charge in [-0.2, -0.15) is 0 Å². The SMILES string of the molecule is CC1CCC(CO)(NCc2cccs2)C(C)C1. The van der Waals surface area contributed by atoms with E-state index in [1.807, 2.05) is 0 Å². The predicted octanol–water partition coefficient (Wildman–Crippen LogP) is 3.02. The van der Waals surface area contributed by atoms with Crippen molar-refractivity contribution in [3.63, 3.8) is 0 Å². The first-order chi connectivity index (χ1) is 8.16. The Labute approximate surface area is 108 Å². The molecule has 1 aromatic rings. The molecule has 3 unspecified atom stereocenters. The van der Waals surface area contributed by atoms with Crippen molar-refractivity contribution in [3.8, 4) is 0 Å². The molecule has 2 N–H and O–H groups in total. The fourth-order valence-corrected chi connectivity index (χ4v) is 3.57. The Morgan fingerprint density at radius 1 is 1.53 bits per heavy atom. The highest BCUT2D eigenvalue weighted by Gasteiger charge is 2.39. The van der Waals surface area contributed by atoms with Crippen LogP contribution < -0.4 is 5.32 Å². The first kappa shape index (κ1) is 13.1. The summed E-state index contributed by atoms with van der Waals surface area (Å²) in [4.78, 5) is 1.35. The lowest BCUT2D eigenvalue weighted by molar-refractivity contribution is 0.0562. The van der Waals surface area contributed by atoms with Gasteiger partial charge < -0.3 is 10.4 Å². The minimum absolute atomic E-state index is 0.0590. The number of hydrogen-bond donors (Lipinski definition) is 2. The summed E-state index contributed by atoms with van der Waals surface area (Å²) >= 11 is 1.78. The van der Waals surface area contributed by atoms with Crippen LogP contribution in [0.1, 0.15) is 38.0 Å². The lowest BCUT2D eigenvalue weighted by atomic mass is 9.70. The Morgan fingerprint density at radius 3 is 2.94 bits per heavy atom. The second kappa shape index (κ2) is 5.51. The molecule has 2 rings (SSSR count). The largest absolute Gasteiger partial charge is 0.394 e. The molecular formula is C14H23NOS. The lowest BCUT2D eigenvalue weighted by Gasteiger charge is -2.44. The highest BCUT2D eigenvalue weighted by molar-refractivity contribution is 7.09. The van der Waals surface area contributed by atoms with Gasteiger partial charge in [-0.15, -0.1) is 11.3 Å². The Morgan fingerprint density at radius 2 is 2.35 bits per heavy atom. The number of hydrogen-bond acceptors (Lipinski definition) is 3. The summed E-state index contributed by atoms with van der Waals surface area (Å²) in [6.07, 6.45) is 3.54. The molecule has 3 atom stereocenters. The minimum Gasteiger partial charge on any atom is -0.394 e. The van der Waals surface area contributed by atoms with E-state index in [9.17, 15) is 5.11 Å². The van der Waals surface area contributed by atoms with E-state index in [-0.39, 0.29) is 12.1 Å². The van der Waals surface area contributed by atoms with E-state index >= 15 is 0 Å². The second-order valence-electron chi connectivity index (χ2n) is 5.53. The van der Waals surface area contributed by atoms with Gasteiger partial charge in [0.15, 0.2) is 0 Å². The van der Waals surface area contributed by atoms with Crippen LogP contribution in [0, 0.1) is 11.8 Å². The molecule has 0 aliphatic heterocycles. The van der Waals surface area contributed by atoms with Crippen molar-refractivity contribution in [1.82, 2.24) is 5.32 Å². The average Bonchev–Trinajstić information content (AvgIpc) is 2.82. The molecule has 1 fully saturated rings. The Hall–Kier alpha value is -0.380. The number of aliphatic hydroxyl groups is 1. The zero-order valence-electron chi connectivity index (χ0n) is 10.8. The molecule has 96 valence electrons. The molecular weight excluding hydrogens is 230 g/mol. The van der Waals surface area contributed by atoms with Crippen LogP contribution in [0.15, 0.2) is 17.5 Å². The summed E-state index contributed by atoms with van der Waals surface area (Å²) in [6, 6.07) is 4.23. The van der Waals surface area contributed by atoms with Gasteiger partial charge in [-0.3, -0.25) is 0 Å². The molecule has 0 saturated heterocycles. The zero-order chi connectivity index (χ0) is 12.3. The summed E-state index contributed by atoms with van der Waals surface area (Å²) in [5.74, 6) is 1.35. The van der Waals surface area contributed by atoms with Crippen molar-refractivity contribution in [2.24, 2.45) is 11.8 Å². The summed E-state index contributed by atoms with van der Waals surface area (Å²) in [5.41, 5.74) is -0.0590. The van der Waals surface area contributed by atoms with Gasteiger partial charge in [-0.05, 0) is 42.5 Å². The van der Waals surface area contributed by atoms with E-state index < -0.39 is 0 Å². The third-order valence-corrected chi connectivity index (χ3v) is 5.14. The fraction of sp³-hybridized carbons (Fsp3) is 0.714. The standard InChI is InChI=1S/C14H23NOS/c1-11-5-6-14(10-16,12(2)8-11)15-9-13-4-3-7-17-13/h3-4,7,11-12,15-16H,5-6,8-10H2,1-2H3. The predicted molar refractivity (Wildman–Crippen MR) is 73.2 cm³/mol. The van der Waals surface area contributed by atoms with Gasteiger partial charge in [0.1, 0.15) is 0 Å². The van der Waals surface area contributed by atoms with Crippen LogP contribution in [0.25, 0.3) is 0 Å². The van der Waals surface area contributed by atoms with Crippen molar-refractivity contribution < 1.29 is 5.11 Å². The smallest absolute Gasteiger partial charge is 0.0616 e. The molecule has 1 heterocycles. The second-order valence-corrected chi connectivity index (χ2v) is 6.56. The molecule has 1 aromatic heterocycles. The van der Waals surface area contributed by atoms with Crippen LogP contribution in [0.2, 0.25) is 0 Å². The van der Waals surface area contributed by atoms with Gasteiger partial charge in [0.05, 0.1) is 6.61 Å². The fourth-order valence-electron chi connectivity index (χ4n) is 2.93. The lowest BCUT2D eigenvalue weighted by Crippen LogP contribution is -2.55. The van der Waals surface area contributed by atoms with E-state index in [0.29, 0.717) is 5.92 Å². The molecule has 2 nitrogen and oxygen atoms in total. The number of nitrogens with one attached hydrogen (secondary N) is 1. The van der Waals surface area contributed by atoms with E-state index in [1.54, 1.807) is 11.3 Å². The van der Waals surface area contributed by atoms with Crippen molar-refractivity contribution >= 4 is 11.3 Å². The summed E-state index contributed by atoms with van der Waals surface area (Å²) in [7, 11) is 0. The van der Waals surface area contributed by atoms with E-state index in [4.69, 9.17) is 0 Å². The average molecular weight is 253 g/mol. The molecule has 0 amide bonds. The highest BCUT2D eigenvalue weighted by atomic mass is 32.1. The molecule has 0 aromatic carbocycles. The first-order valence-electron chi connectivity index (χ1n) is 6.54. The summed E-state index contributed by atoms with van der Waals surface area (Å²) < 4.78 is 0. The first-order valence-corrected chi connectivity index (χ1v) is 7.42. The van der Waals surface area contributed by atoms with Crippen LogP contribution in [0.3, 0.4) is 0 Å². The van der Waals surface area contributed by atoms with Crippen LogP contribution in [-0.4, -0.2) is 17.3 Å². The molecule has 0 radical (unpaired) electrons. The number of aliphatic hydroxyl groups excluding tert-OH is 1. The van der Waals surface area contributed by atoms with Crippen molar-refractivity contribution in [2.75, 3.05) is 6.61 Å². The van der Waals surface area contributed by atoms with E-state index in [0.717, 1.165) is 18.9 Å². The molecule has 3 heteroatoms. The molecule has 1 aliphatic rings. The molecule has 17 heavy (non-hydrogen) atoms. The highest BCUT2D eigenvalue weighted by Crippen LogP contribution is 2.36. The Balaban J connectivity index is 1.99. The van der Waals surface area contributed by atoms with Crippen molar-refractivity contribution in [2.45, 2.75) is 45.2 Å². The van der Waals surface area contributed by atoms with Crippen LogP contribution in [-0.2, 0) is 6.54 Å². The Kier molecular flexibility index (Phi) is 4.23. The molecule has 0 spiro atoms. The normalized spacial score (nSPS) is 33.8. The maximum Gasteiger partial charge on any atom is 0.0616 e. The van der Waals surface area contributed by atoms with Crippen molar-refractivity contribution in [3.05, 3.63) is 22.4 Å².